The van der Waals surface area contributed by atoms with Gasteiger partial charge in [0, 0.05) is 12.6 Å². The molecule has 0 saturated heterocycles. The van der Waals surface area contributed by atoms with E-state index >= 15 is 0 Å². The van der Waals surface area contributed by atoms with Crippen molar-refractivity contribution >= 4 is 6.08 Å². The summed E-state index contributed by atoms with van der Waals surface area (Å²) < 4.78 is 2.30. The van der Waals surface area contributed by atoms with Crippen LogP contribution in [0.15, 0.2) is 18.1 Å². The molecule has 0 radical (unpaired) electrons. The van der Waals surface area contributed by atoms with Crippen LogP contribution in [0.4, 0.5) is 0 Å². The Hall–Kier alpha value is -1.09. The van der Waals surface area contributed by atoms with Gasteiger partial charge in [-0.15, -0.1) is 0 Å². The third-order valence-corrected chi connectivity index (χ3v) is 2.99. The predicted octanol–water partition coefficient (Wildman–Crippen LogP) is 2.87. The monoisotopic (exact) mass is 233 g/mol. The van der Waals surface area contributed by atoms with Gasteiger partial charge >= 0.3 is 0 Å². The first-order valence-corrected chi connectivity index (χ1v) is 6.56. The zero-order valence-corrected chi connectivity index (χ0v) is 11.1. The molecule has 1 fully saturated rings. The van der Waals surface area contributed by atoms with E-state index in [0.717, 1.165) is 13.1 Å². The Balaban J connectivity index is 1.90. The van der Waals surface area contributed by atoms with Gasteiger partial charge in [-0.05, 0) is 38.3 Å². The number of aromatic nitrogens is 2. The van der Waals surface area contributed by atoms with Crippen molar-refractivity contribution in [2.75, 3.05) is 13.1 Å². The van der Waals surface area contributed by atoms with E-state index in [0.29, 0.717) is 12.0 Å². The Morgan fingerprint density at radius 2 is 2.35 bits per heavy atom. The van der Waals surface area contributed by atoms with Crippen LogP contribution in [0.1, 0.15) is 45.3 Å². The SMILES string of the molecule is CC(=Cc1cncn1C1CC1)CNCC(C)C. The van der Waals surface area contributed by atoms with E-state index in [9.17, 15) is 0 Å². The smallest absolute Gasteiger partial charge is 0.0953 e. The highest BCUT2D eigenvalue weighted by atomic mass is 15.1. The predicted molar refractivity (Wildman–Crippen MR) is 71.9 cm³/mol. The summed E-state index contributed by atoms with van der Waals surface area (Å²) in [6.45, 7) is 8.68. The quantitative estimate of drug-likeness (QED) is 0.819. The highest BCUT2D eigenvalue weighted by molar-refractivity contribution is 5.48. The van der Waals surface area contributed by atoms with Crippen molar-refractivity contribution in [3.8, 4) is 0 Å². The summed E-state index contributed by atoms with van der Waals surface area (Å²) in [6, 6.07) is 0.708. The Kier molecular flexibility index (Phi) is 4.00. The van der Waals surface area contributed by atoms with Crippen LogP contribution in [0.3, 0.4) is 0 Å². The van der Waals surface area contributed by atoms with Crippen LogP contribution in [-0.4, -0.2) is 22.6 Å². The topological polar surface area (TPSA) is 29.9 Å². The van der Waals surface area contributed by atoms with Crippen LogP contribution in [0.5, 0.6) is 0 Å². The van der Waals surface area contributed by atoms with Crippen molar-refractivity contribution in [3.63, 3.8) is 0 Å². The minimum absolute atomic E-state index is 0.708. The van der Waals surface area contributed by atoms with Crippen molar-refractivity contribution in [2.24, 2.45) is 5.92 Å². The summed E-state index contributed by atoms with van der Waals surface area (Å²) in [4.78, 5) is 4.24. The van der Waals surface area contributed by atoms with Gasteiger partial charge in [0.1, 0.15) is 0 Å². The van der Waals surface area contributed by atoms with Crippen LogP contribution in [0.2, 0.25) is 0 Å². The molecule has 94 valence electrons. The second kappa shape index (κ2) is 5.50. The first-order chi connectivity index (χ1) is 8.16. The van der Waals surface area contributed by atoms with E-state index in [1.54, 1.807) is 0 Å². The van der Waals surface area contributed by atoms with Crippen molar-refractivity contribution in [1.29, 1.82) is 0 Å². The zero-order valence-electron chi connectivity index (χ0n) is 11.1. The van der Waals surface area contributed by atoms with Gasteiger partial charge in [0.15, 0.2) is 0 Å². The molecule has 1 aromatic rings. The van der Waals surface area contributed by atoms with Gasteiger partial charge in [-0.2, -0.15) is 0 Å². The standard InChI is InChI=1S/C14H23N3/c1-11(2)7-15-8-12(3)6-14-9-16-10-17(14)13-4-5-13/h6,9-11,13,15H,4-5,7-8H2,1-3H3. The lowest BCUT2D eigenvalue weighted by Gasteiger charge is -2.08. The minimum atomic E-state index is 0.708. The lowest BCUT2D eigenvalue weighted by atomic mass is 10.2. The molecule has 3 heteroatoms. The maximum absolute atomic E-state index is 4.24. The fraction of sp³-hybridized carbons (Fsp3) is 0.643. The summed E-state index contributed by atoms with van der Waals surface area (Å²) in [5, 5.41) is 3.46. The summed E-state index contributed by atoms with van der Waals surface area (Å²) in [6.07, 6.45) is 8.78. The Morgan fingerprint density at radius 1 is 1.59 bits per heavy atom. The average molecular weight is 233 g/mol. The Bertz CT molecular complexity index is 386. The van der Waals surface area contributed by atoms with Gasteiger partial charge < -0.3 is 9.88 Å². The maximum Gasteiger partial charge on any atom is 0.0953 e. The lowest BCUT2D eigenvalue weighted by Crippen LogP contribution is -2.21. The summed E-state index contributed by atoms with van der Waals surface area (Å²) in [5.41, 5.74) is 2.62. The van der Waals surface area contributed by atoms with E-state index in [1.165, 1.54) is 24.1 Å². The molecular formula is C14H23N3. The molecular weight excluding hydrogens is 210 g/mol. The minimum Gasteiger partial charge on any atom is -0.328 e. The molecule has 2 rings (SSSR count). The van der Waals surface area contributed by atoms with Crippen LogP contribution < -0.4 is 5.32 Å². The van der Waals surface area contributed by atoms with Gasteiger partial charge in [0.2, 0.25) is 0 Å². The van der Waals surface area contributed by atoms with Crippen LogP contribution in [0, 0.1) is 5.92 Å². The van der Waals surface area contributed by atoms with Crippen LogP contribution >= 0.6 is 0 Å². The molecule has 3 nitrogen and oxygen atoms in total. The fourth-order valence-electron chi connectivity index (χ4n) is 1.95. The molecule has 17 heavy (non-hydrogen) atoms. The summed E-state index contributed by atoms with van der Waals surface area (Å²) >= 11 is 0. The Labute approximate surface area is 104 Å². The number of imidazole rings is 1. The molecule has 0 unspecified atom stereocenters. The second-order valence-corrected chi connectivity index (χ2v) is 5.47. The van der Waals surface area contributed by atoms with Crippen molar-refractivity contribution in [1.82, 2.24) is 14.9 Å². The van der Waals surface area contributed by atoms with E-state index in [4.69, 9.17) is 0 Å². The lowest BCUT2D eigenvalue weighted by molar-refractivity contribution is 0.572. The molecule has 0 aromatic carbocycles. The van der Waals surface area contributed by atoms with Crippen LogP contribution in [-0.2, 0) is 0 Å². The molecule has 0 atom stereocenters. The third-order valence-electron chi connectivity index (χ3n) is 2.99. The average Bonchev–Trinajstić information content (AvgIpc) is 3.00. The van der Waals surface area contributed by atoms with E-state index in [1.807, 2.05) is 12.5 Å². The largest absolute Gasteiger partial charge is 0.328 e. The van der Waals surface area contributed by atoms with Crippen molar-refractivity contribution in [3.05, 3.63) is 23.8 Å². The molecule has 0 aliphatic heterocycles. The van der Waals surface area contributed by atoms with Gasteiger partial charge in [0.05, 0.1) is 18.2 Å². The Morgan fingerprint density at radius 3 is 3.00 bits per heavy atom. The first kappa shape index (κ1) is 12.4. The summed E-state index contributed by atoms with van der Waals surface area (Å²) in [7, 11) is 0. The number of hydrogen-bond acceptors (Lipinski definition) is 2. The highest BCUT2D eigenvalue weighted by Gasteiger charge is 2.24. The molecule has 1 aliphatic rings. The molecule has 1 saturated carbocycles. The van der Waals surface area contributed by atoms with Gasteiger partial charge in [-0.1, -0.05) is 19.4 Å². The number of nitrogens with zero attached hydrogens (tertiary/aromatic N) is 2. The molecule has 0 bridgehead atoms. The molecule has 1 N–H and O–H groups in total. The third kappa shape index (κ3) is 3.70. The van der Waals surface area contributed by atoms with E-state index in [-0.39, 0.29) is 0 Å². The van der Waals surface area contributed by atoms with Crippen molar-refractivity contribution < 1.29 is 0 Å². The fourth-order valence-corrected chi connectivity index (χ4v) is 1.95. The maximum atomic E-state index is 4.24. The normalized spacial score (nSPS) is 16.8. The molecule has 0 spiro atoms. The zero-order chi connectivity index (χ0) is 12.3. The number of rotatable bonds is 6. The molecule has 1 aromatic heterocycles. The molecule has 0 amide bonds. The van der Waals surface area contributed by atoms with Crippen LogP contribution in [0.25, 0.3) is 6.08 Å². The van der Waals surface area contributed by atoms with E-state index in [2.05, 4.69) is 41.7 Å². The van der Waals surface area contributed by atoms with Crippen molar-refractivity contribution in [2.45, 2.75) is 39.7 Å². The second-order valence-electron chi connectivity index (χ2n) is 5.47. The molecule has 1 aliphatic carbocycles. The van der Waals surface area contributed by atoms with Gasteiger partial charge in [0.25, 0.3) is 0 Å². The van der Waals surface area contributed by atoms with Gasteiger partial charge in [-0.25, -0.2) is 4.98 Å². The number of hydrogen-bond donors (Lipinski definition) is 1. The summed E-state index contributed by atoms with van der Waals surface area (Å²) in [5.74, 6) is 0.708. The number of nitrogens with one attached hydrogen (secondary N) is 1. The van der Waals surface area contributed by atoms with Gasteiger partial charge in [-0.3, -0.25) is 0 Å². The highest BCUT2D eigenvalue weighted by Crippen LogP contribution is 2.35. The van der Waals surface area contributed by atoms with E-state index < -0.39 is 0 Å². The first-order valence-electron chi connectivity index (χ1n) is 6.56. The molecule has 1 heterocycles.